The number of hydrogen-bond donors (Lipinski definition) is 2. The number of benzene rings is 1. The molecule has 24 heavy (non-hydrogen) atoms. The lowest BCUT2D eigenvalue weighted by molar-refractivity contribution is -0.140. The monoisotopic (exact) mass is 339 g/mol. The van der Waals surface area contributed by atoms with Crippen molar-refractivity contribution < 1.29 is 23.1 Å². The van der Waals surface area contributed by atoms with Crippen molar-refractivity contribution >= 4 is 5.91 Å². The van der Waals surface area contributed by atoms with Gasteiger partial charge in [0.25, 0.3) is 0 Å². The first-order valence-electron chi connectivity index (χ1n) is 7.48. The fraction of sp³-hybridized carbons (Fsp3) is 0.375. The van der Waals surface area contributed by atoms with E-state index in [4.69, 9.17) is 0 Å². The highest BCUT2D eigenvalue weighted by Crippen LogP contribution is 2.40. The summed E-state index contributed by atoms with van der Waals surface area (Å²) in [5.41, 5.74) is -0.188. The van der Waals surface area contributed by atoms with E-state index in [1.165, 1.54) is 29.3 Å². The number of likely N-dealkylation sites (tertiary alicyclic amines) is 1. The Hall–Kier alpha value is -2.35. The molecule has 5 nitrogen and oxygen atoms in total. The number of halogens is 3. The highest BCUT2D eigenvalue weighted by molar-refractivity contribution is 5.79. The molecule has 2 N–H and O–H groups in total. The summed E-state index contributed by atoms with van der Waals surface area (Å²) in [6.07, 6.45) is -3.78. The lowest BCUT2D eigenvalue weighted by atomic mass is 9.97. The summed E-state index contributed by atoms with van der Waals surface area (Å²) in [7, 11) is 0. The maximum Gasteiger partial charge on any atom is 0.416 e. The smallest absolute Gasteiger partial charge is 0.391 e. The van der Waals surface area contributed by atoms with Gasteiger partial charge >= 0.3 is 6.18 Å². The molecule has 0 radical (unpaired) electrons. The topological polar surface area (TPSA) is 69.2 Å². The van der Waals surface area contributed by atoms with Crippen molar-refractivity contribution in [1.29, 1.82) is 0 Å². The van der Waals surface area contributed by atoms with Gasteiger partial charge in [-0.05, 0) is 24.1 Å². The number of H-pyrrole nitrogens is 1. The Balaban J connectivity index is 1.90. The predicted octanol–water partition coefficient (Wildman–Crippen LogP) is 2.31. The van der Waals surface area contributed by atoms with Gasteiger partial charge in [0.1, 0.15) is 0 Å². The summed E-state index contributed by atoms with van der Waals surface area (Å²) in [5, 5.41) is 16.3. The van der Waals surface area contributed by atoms with Gasteiger partial charge in [-0.25, -0.2) is 0 Å². The van der Waals surface area contributed by atoms with E-state index in [1.54, 1.807) is 6.07 Å². The van der Waals surface area contributed by atoms with Crippen LogP contribution in [0.2, 0.25) is 0 Å². The molecule has 1 fully saturated rings. The predicted molar refractivity (Wildman–Crippen MR) is 78.8 cm³/mol. The number of aliphatic hydroxyl groups excluding tert-OH is 1. The number of rotatable bonds is 3. The zero-order chi connectivity index (χ0) is 17.3. The van der Waals surface area contributed by atoms with Crippen molar-refractivity contribution in [2.24, 2.45) is 0 Å². The van der Waals surface area contributed by atoms with Crippen LogP contribution in [-0.2, 0) is 17.4 Å². The van der Waals surface area contributed by atoms with Crippen LogP contribution in [0, 0.1) is 0 Å². The van der Waals surface area contributed by atoms with Crippen molar-refractivity contribution in [1.82, 2.24) is 15.1 Å². The van der Waals surface area contributed by atoms with Crippen LogP contribution >= 0.6 is 0 Å². The van der Waals surface area contributed by atoms with Gasteiger partial charge in [-0.1, -0.05) is 18.2 Å². The third-order valence-corrected chi connectivity index (χ3v) is 4.12. The molecule has 1 aliphatic rings. The number of aliphatic hydroxyl groups is 1. The SMILES string of the molecule is O=C(Cc1ccn[nH]1)N1CC(O)CC1c1ccccc1C(F)(F)F. The molecule has 0 bridgehead atoms. The minimum absolute atomic E-state index is 0.00257. The Labute approximate surface area is 136 Å². The molecule has 8 heteroatoms. The number of hydrogen-bond acceptors (Lipinski definition) is 3. The number of β-amino-alcohol motifs (C(OH)–C–C–N with tert-alkyl or cyclic N) is 1. The van der Waals surface area contributed by atoms with E-state index in [0.717, 1.165) is 6.07 Å². The minimum atomic E-state index is -4.51. The first-order chi connectivity index (χ1) is 11.4. The van der Waals surface area contributed by atoms with E-state index < -0.39 is 23.9 Å². The Kier molecular flexibility index (Phi) is 4.31. The number of carbonyl (C=O) groups excluding carboxylic acids is 1. The van der Waals surface area contributed by atoms with Crippen LogP contribution in [0.25, 0.3) is 0 Å². The normalized spacial score (nSPS) is 21.2. The summed E-state index contributed by atoms with van der Waals surface area (Å²) < 4.78 is 39.8. The van der Waals surface area contributed by atoms with Gasteiger partial charge in [-0.2, -0.15) is 18.3 Å². The zero-order valence-corrected chi connectivity index (χ0v) is 12.6. The molecular formula is C16H16F3N3O2. The second-order valence-electron chi connectivity index (χ2n) is 5.80. The van der Waals surface area contributed by atoms with Crippen molar-refractivity contribution in [2.45, 2.75) is 31.2 Å². The van der Waals surface area contributed by atoms with Gasteiger partial charge in [0, 0.05) is 18.4 Å². The average molecular weight is 339 g/mol. The lowest BCUT2D eigenvalue weighted by Crippen LogP contribution is -2.33. The fourth-order valence-corrected chi connectivity index (χ4v) is 3.08. The minimum Gasteiger partial charge on any atom is -0.391 e. The molecule has 0 aliphatic carbocycles. The van der Waals surface area contributed by atoms with E-state index in [2.05, 4.69) is 10.2 Å². The van der Waals surface area contributed by atoms with Crippen LogP contribution in [0.15, 0.2) is 36.5 Å². The number of carbonyl (C=O) groups is 1. The zero-order valence-electron chi connectivity index (χ0n) is 12.6. The molecule has 1 saturated heterocycles. The molecule has 3 rings (SSSR count). The molecule has 2 atom stereocenters. The number of amides is 1. The van der Waals surface area contributed by atoms with Crippen LogP contribution in [-0.4, -0.2) is 38.8 Å². The molecular weight excluding hydrogens is 323 g/mol. The first-order valence-corrected chi connectivity index (χ1v) is 7.48. The number of aromatic amines is 1. The van der Waals surface area contributed by atoms with E-state index >= 15 is 0 Å². The van der Waals surface area contributed by atoms with Gasteiger partial charge < -0.3 is 10.0 Å². The third kappa shape index (κ3) is 3.28. The summed E-state index contributed by atoms with van der Waals surface area (Å²) in [5.74, 6) is -0.349. The van der Waals surface area contributed by atoms with E-state index in [-0.39, 0.29) is 30.9 Å². The van der Waals surface area contributed by atoms with Crippen LogP contribution in [0.3, 0.4) is 0 Å². The first kappa shape index (κ1) is 16.5. The summed E-state index contributed by atoms with van der Waals surface area (Å²) >= 11 is 0. The van der Waals surface area contributed by atoms with Gasteiger partial charge in [0.05, 0.1) is 24.1 Å². The molecule has 1 amide bonds. The highest BCUT2D eigenvalue weighted by Gasteiger charge is 2.41. The second kappa shape index (κ2) is 6.27. The molecule has 2 unspecified atom stereocenters. The molecule has 1 aromatic heterocycles. The molecule has 0 saturated carbocycles. The molecule has 2 aromatic rings. The second-order valence-corrected chi connectivity index (χ2v) is 5.80. The number of aromatic nitrogens is 2. The summed E-state index contributed by atoms with van der Waals surface area (Å²) in [6.45, 7) is 0.0177. The Morgan fingerprint density at radius 2 is 2.08 bits per heavy atom. The van der Waals surface area contributed by atoms with Crippen molar-refractivity contribution in [3.8, 4) is 0 Å². The maximum atomic E-state index is 13.3. The number of nitrogens with one attached hydrogen (secondary N) is 1. The Bertz CT molecular complexity index is 716. The van der Waals surface area contributed by atoms with Crippen LogP contribution in [0.1, 0.15) is 29.3 Å². The Morgan fingerprint density at radius 1 is 1.33 bits per heavy atom. The van der Waals surface area contributed by atoms with Crippen LogP contribution in [0.4, 0.5) is 13.2 Å². The quantitative estimate of drug-likeness (QED) is 0.902. The van der Waals surface area contributed by atoms with Gasteiger partial charge in [-0.15, -0.1) is 0 Å². The molecule has 1 aliphatic heterocycles. The van der Waals surface area contributed by atoms with Gasteiger partial charge in [0.15, 0.2) is 0 Å². The molecule has 0 spiro atoms. The standard InChI is InChI=1S/C16H16F3N3O2/c17-16(18,19)13-4-2-1-3-12(13)14-8-11(23)9-22(14)15(24)7-10-5-6-20-21-10/h1-6,11,14,23H,7-9H2,(H,20,21). The lowest BCUT2D eigenvalue weighted by Gasteiger charge is -2.27. The third-order valence-electron chi connectivity index (χ3n) is 4.12. The molecule has 1 aromatic carbocycles. The number of alkyl halides is 3. The maximum absolute atomic E-state index is 13.3. The Morgan fingerprint density at radius 3 is 2.75 bits per heavy atom. The fourth-order valence-electron chi connectivity index (χ4n) is 3.08. The van der Waals surface area contributed by atoms with Crippen LogP contribution < -0.4 is 0 Å². The van der Waals surface area contributed by atoms with Crippen molar-refractivity contribution in [3.63, 3.8) is 0 Å². The van der Waals surface area contributed by atoms with E-state index in [0.29, 0.717) is 5.69 Å². The largest absolute Gasteiger partial charge is 0.416 e. The van der Waals surface area contributed by atoms with E-state index in [1.807, 2.05) is 0 Å². The van der Waals surface area contributed by atoms with Gasteiger partial charge in [-0.3, -0.25) is 9.89 Å². The molecule has 128 valence electrons. The molecule has 2 heterocycles. The highest BCUT2D eigenvalue weighted by atomic mass is 19.4. The van der Waals surface area contributed by atoms with E-state index in [9.17, 15) is 23.1 Å². The van der Waals surface area contributed by atoms with Gasteiger partial charge in [0.2, 0.25) is 5.91 Å². The van der Waals surface area contributed by atoms with Crippen molar-refractivity contribution in [2.75, 3.05) is 6.54 Å². The number of nitrogens with zero attached hydrogens (tertiary/aromatic N) is 2. The summed E-state index contributed by atoms with van der Waals surface area (Å²) in [6, 6.07) is 6.01. The average Bonchev–Trinajstić information content (AvgIpc) is 3.15. The van der Waals surface area contributed by atoms with Crippen LogP contribution in [0.5, 0.6) is 0 Å². The summed E-state index contributed by atoms with van der Waals surface area (Å²) in [4.78, 5) is 13.8. The van der Waals surface area contributed by atoms with Crippen molar-refractivity contribution in [3.05, 3.63) is 53.3 Å².